The molecular formula is C15H21ClN6O. The number of nitrogens with two attached hydrogens (primary N) is 1. The van der Waals surface area contributed by atoms with Gasteiger partial charge in [0.15, 0.2) is 0 Å². The Kier molecular flexibility index (Phi) is 5.68. The highest BCUT2D eigenvalue weighted by molar-refractivity contribution is 5.85. The summed E-state index contributed by atoms with van der Waals surface area (Å²) in [5.74, 6) is 0.966. The molecule has 1 unspecified atom stereocenters. The first-order chi connectivity index (χ1) is 10.7. The normalized spacial score (nSPS) is 17.1. The van der Waals surface area contributed by atoms with Gasteiger partial charge in [-0.25, -0.2) is 0 Å². The summed E-state index contributed by atoms with van der Waals surface area (Å²) in [5, 5.41) is 12.3. The Morgan fingerprint density at radius 2 is 2.09 bits per heavy atom. The van der Waals surface area contributed by atoms with Crippen LogP contribution in [0.5, 0.6) is 0 Å². The summed E-state index contributed by atoms with van der Waals surface area (Å²) in [6.45, 7) is 4.27. The molecule has 2 aromatic rings. The van der Waals surface area contributed by atoms with Gasteiger partial charge in [0.05, 0.1) is 0 Å². The third-order valence-corrected chi connectivity index (χ3v) is 4.01. The number of rotatable bonds is 4. The minimum atomic E-state index is 0. The first-order valence-corrected chi connectivity index (χ1v) is 7.48. The molecule has 1 amide bonds. The second-order valence-corrected chi connectivity index (χ2v) is 5.74. The number of halogens is 1. The molecule has 0 aliphatic carbocycles. The van der Waals surface area contributed by atoms with Gasteiger partial charge >= 0.3 is 0 Å². The number of tetrazole rings is 1. The van der Waals surface area contributed by atoms with Crippen LogP contribution in [0.3, 0.4) is 0 Å². The largest absolute Gasteiger partial charge is 0.341 e. The number of aryl methyl sites for hydroxylation is 1. The summed E-state index contributed by atoms with van der Waals surface area (Å²) in [7, 11) is 0. The zero-order valence-electron chi connectivity index (χ0n) is 13.1. The molecule has 8 heteroatoms. The topological polar surface area (TPSA) is 89.9 Å². The van der Waals surface area contributed by atoms with E-state index in [1.54, 1.807) is 0 Å². The summed E-state index contributed by atoms with van der Waals surface area (Å²) in [6, 6.07) is 7.90. The lowest BCUT2D eigenvalue weighted by atomic mass is 10.1. The van der Waals surface area contributed by atoms with E-state index in [0.29, 0.717) is 18.3 Å². The van der Waals surface area contributed by atoms with Gasteiger partial charge in [-0.05, 0) is 31.0 Å². The van der Waals surface area contributed by atoms with Gasteiger partial charge in [0, 0.05) is 18.7 Å². The summed E-state index contributed by atoms with van der Waals surface area (Å²) < 4.78 is 0. The van der Waals surface area contributed by atoms with E-state index in [0.717, 1.165) is 25.1 Å². The Hall–Kier alpha value is -1.99. The quantitative estimate of drug-likeness (QED) is 0.895. The Bertz CT molecular complexity index is 656. The van der Waals surface area contributed by atoms with Crippen LogP contribution < -0.4 is 5.73 Å². The number of hydrogen-bond donors (Lipinski definition) is 1. The number of hydrogen-bond acceptors (Lipinski definition) is 5. The highest BCUT2D eigenvalue weighted by Crippen LogP contribution is 2.16. The number of likely N-dealkylation sites (tertiary alicyclic amines) is 1. The van der Waals surface area contributed by atoms with Crippen LogP contribution in [0.4, 0.5) is 0 Å². The maximum absolute atomic E-state index is 12.2. The predicted molar refractivity (Wildman–Crippen MR) is 89.0 cm³/mol. The Balaban J connectivity index is 0.00000192. The fourth-order valence-electron chi connectivity index (χ4n) is 2.60. The SMILES string of the molecule is Cc1ccc(-c2nnn(CC(=O)N3CCC(CN)C3)n2)cc1.Cl. The lowest BCUT2D eigenvalue weighted by Crippen LogP contribution is -2.33. The smallest absolute Gasteiger partial charge is 0.246 e. The number of amides is 1. The standard InChI is InChI=1S/C15H20N6O.ClH/c1-11-2-4-13(5-3-11)15-17-19-21(18-15)10-14(22)20-7-6-12(8-16)9-20;/h2-5,12H,6-10,16H2,1H3;1H. The van der Waals surface area contributed by atoms with Crippen molar-refractivity contribution >= 4 is 18.3 Å². The van der Waals surface area contributed by atoms with Gasteiger partial charge < -0.3 is 10.6 Å². The first-order valence-electron chi connectivity index (χ1n) is 7.48. The summed E-state index contributed by atoms with van der Waals surface area (Å²) in [6.07, 6.45) is 0.974. The molecule has 0 saturated carbocycles. The molecule has 1 aliphatic heterocycles. The van der Waals surface area contributed by atoms with Crippen LogP contribution in [0.1, 0.15) is 12.0 Å². The maximum Gasteiger partial charge on any atom is 0.246 e. The van der Waals surface area contributed by atoms with Gasteiger partial charge in [-0.2, -0.15) is 4.80 Å². The van der Waals surface area contributed by atoms with Crippen molar-refractivity contribution in [1.82, 2.24) is 25.1 Å². The molecule has 1 saturated heterocycles. The second kappa shape index (κ2) is 7.52. The van der Waals surface area contributed by atoms with Gasteiger partial charge in [0.25, 0.3) is 0 Å². The van der Waals surface area contributed by atoms with Crippen molar-refractivity contribution in [2.45, 2.75) is 19.9 Å². The number of nitrogens with zero attached hydrogens (tertiary/aromatic N) is 5. The number of benzene rings is 1. The van der Waals surface area contributed by atoms with Crippen molar-refractivity contribution < 1.29 is 4.79 Å². The van der Waals surface area contributed by atoms with Crippen LogP contribution in [0.25, 0.3) is 11.4 Å². The lowest BCUT2D eigenvalue weighted by Gasteiger charge is -2.15. The molecule has 0 radical (unpaired) electrons. The molecule has 7 nitrogen and oxygen atoms in total. The molecule has 0 bridgehead atoms. The molecule has 124 valence electrons. The van der Waals surface area contributed by atoms with Crippen molar-refractivity contribution in [3.05, 3.63) is 29.8 Å². The summed E-state index contributed by atoms with van der Waals surface area (Å²) in [5.41, 5.74) is 7.72. The third-order valence-electron chi connectivity index (χ3n) is 4.01. The zero-order chi connectivity index (χ0) is 15.5. The predicted octanol–water partition coefficient (Wildman–Crippen LogP) is 0.878. The highest BCUT2D eigenvalue weighted by atomic mass is 35.5. The molecule has 2 heterocycles. The molecule has 1 aromatic carbocycles. The van der Waals surface area contributed by atoms with Crippen molar-refractivity contribution in [1.29, 1.82) is 0 Å². The summed E-state index contributed by atoms with van der Waals surface area (Å²) in [4.78, 5) is 15.4. The van der Waals surface area contributed by atoms with E-state index in [1.807, 2.05) is 36.1 Å². The van der Waals surface area contributed by atoms with Gasteiger partial charge in [-0.1, -0.05) is 29.8 Å². The Labute approximate surface area is 141 Å². The molecule has 2 N–H and O–H groups in total. The molecule has 0 spiro atoms. The van der Waals surface area contributed by atoms with E-state index >= 15 is 0 Å². The van der Waals surface area contributed by atoms with Crippen LogP contribution >= 0.6 is 12.4 Å². The molecular weight excluding hydrogens is 316 g/mol. The first kappa shape index (κ1) is 17.4. The van der Waals surface area contributed by atoms with Crippen molar-refractivity contribution in [2.24, 2.45) is 11.7 Å². The van der Waals surface area contributed by atoms with Gasteiger partial charge in [0.2, 0.25) is 11.7 Å². The second-order valence-electron chi connectivity index (χ2n) is 5.74. The Morgan fingerprint density at radius 3 is 2.74 bits per heavy atom. The Morgan fingerprint density at radius 1 is 1.35 bits per heavy atom. The summed E-state index contributed by atoms with van der Waals surface area (Å²) >= 11 is 0. The van der Waals surface area contributed by atoms with Gasteiger partial charge in [-0.3, -0.25) is 4.79 Å². The molecule has 1 fully saturated rings. The van der Waals surface area contributed by atoms with Crippen molar-refractivity contribution in [3.63, 3.8) is 0 Å². The minimum absolute atomic E-state index is 0. The highest BCUT2D eigenvalue weighted by Gasteiger charge is 2.25. The minimum Gasteiger partial charge on any atom is -0.341 e. The van der Waals surface area contributed by atoms with E-state index in [2.05, 4.69) is 15.4 Å². The van der Waals surface area contributed by atoms with Crippen molar-refractivity contribution in [2.75, 3.05) is 19.6 Å². The average molecular weight is 337 g/mol. The van der Waals surface area contributed by atoms with E-state index in [9.17, 15) is 4.79 Å². The molecule has 3 rings (SSSR count). The average Bonchev–Trinajstić information content (AvgIpc) is 3.17. The van der Waals surface area contributed by atoms with Crippen LogP contribution in [0.2, 0.25) is 0 Å². The third kappa shape index (κ3) is 4.05. The zero-order valence-corrected chi connectivity index (χ0v) is 13.9. The van der Waals surface area contributed by atoms with Crippen LogP contribution in [-0.4, -0.2) is 50.6 Å². The molecule has 1 aliphatic rings. The van der Waals surface area contributed by atoms with E-state index in [1.165, 1.54) is 10.4 Å². The maximum atomic E-state index is 12.2. The van der Waals surface area contributed by atoms with Crippen LogP contribution in [0.15, 0.2) is 24.3 Å². The van der Waals surface area contributed by atoms with Crippen LogP contribution in [0, 0.1) is 12.8 Å². The number of aromatic nitrogens is 4. The number of carbonyl (C=O) groups excluding carboxylic acids is 1. The van der Waals surface area contributed by atoms with Crippen molar-refractivity contribution in [3.8, 4) is 11.4 Å². The van der Waals surface area contributed by atoms with E-state index in [4.69, 9.17) is 5.73 Å². The van der Waals surface area contributed by atoms with E-state index < -0.39 is 0 Å². The van der Waals surface area contributed by atoms with E-state index in [-0.39, 0.29) is 24.9 Å². The van der Waals surface area contributed by atoms with Crippen LogP contribution in [-0.2, 0) is 11.3 Å². The molecule has 1 atom stereocenters. The molecule has 1 aromatic heterocycles. The molecule has 23 heavy (non-hydrogen) atoms. The number of carbonyl (C=O) groups is 1. The monoisotopic (exact) mass is 336 g/mol. The fraction of sp³-hybridized carbons (Fsp3) is 0.467. The lowest BCUT2D eigenvalue weighted by molar-refractivity contribution is -0.131. The van der Waals surface area contributed by atoms with Gasteiger partial charge in [0.1, 0.15) is 6.54 Å². The fourth-order valence-corrected chi connectivity index (χ4v) is 2.60. The van der Waals surface area contributed by atoms with Gasteiger partial charge in [-0.15, -0.1) is 22.6 Å².